The summed E-state index contributed by atoms with van der Waals surface area (Å²) < 4.78 is 3.10. The summed E-state index contributed by atoms with van der Waals surface area (Å²) in [5, 5.41) is -0.384. The summed E-state index contributed by atoms with van der Waals surface area (Å²) in [6.07, 6.45) is 5.94. The van der Waals surface area contributed by atoms with Crippen molar-refractivity contribution in [1.29, 1.82) is 0 Å². The molecular weight excluding hydrogens is 490 g/mol. The molecule has 0 unspecified atom stereocenters. The molecule has 2 fully saturated rings. The molecule has 1 aromatic heterocycles. The molecule has 32 heavy (non-hydrogen) atoms. The number of amides is 3. The number of hydrogen-bond acceptors (Lipinski definition) is 4. The van der Waals surface area contributed by atoms with Crippen LogP contribution in [-0.4, -0.2) is 51.1 Å². The predicted molar refractivity (Wildman–Crippen MR) is 131 cm³/mol. The first-order valence-electron chi connectivity index (χ1n) is 10.8. The number of nitrogens with zero attached hydrogens (tertiary/aromatic N) is 3. The Labute approximate surface area is 200 Å². The number of aromatic nitrogens is 1. The first-order chi connectivity index (χ1) is 15.3. The summed E-state index contributed by atoms with van der Waals surface area (Å²) in [5.41, 5.74) is 3.91. The molecule has 2 aliphatic rings. The lowest BCUT2D eigenvalue weighted by Gasteiger charge is -2.22. The Morgan fingerprint density at radius 1 is 1.09 bits per heavy atom. The van der Waals surface area contributed by atoms with Crippen molar-refractivity contribution in [2.75, 3.05) is 19.6 Å². The zero-order chi connectivity index (χ0) is 22.8. The van der Waals surface area contributed by atoms with E-state index in [0.29, 0.717) is 18.0 Å². The van der Waals surface area contributed by atoms with Crippen LogP contribution in [0.2, 0.25) is 0 Å². The lowest BCUT2D eigenvalue weighted by atomic mass is 10.2. The second-order valence-corrected chi connectivity index (χ2v) is 10.1. The van der Waals surface area contributed by atoms with Crippen molar-refractivity contribution < 1.29 is 14.4 Å². The number of rotatable bonds is 4. The quantitative estimate of drug-likeness (QED) is 0.518. The van der Waals surface area contributed by atoms with E-state index < -0.39 is 5.91 Å². The van der Waals surface area contributed by atoms with Gasteiger partial charge in [0, 0.05) is 34.6 Å². The Hall–Kier alpha value is -2.32. The van der Waals surface area contributed by atoms with Crippen LogP contribution in [0.15, 0.2) is 39.7 Å². The van der Waals surface area contributed by atoms with Gasteiger partial charge < -0.3 is 9.47 Å². The Morgan fingerprint density at radius 2 is 1.81 bits per heavy atom. The third-order valence-corrected chi connectivity index (χ3v) is 7.35. The van der Waals surface area contributed by atoms with Gasteiger partial charge in [0.05, 0.1) is 4.91 Å². The Balaban J connectivity index is 1.54. The number of carbonyl (C=O) groups is 3. The Bertz CT molecular complexity index is 1100. The van der Waals surface area contributed by atoms with E-state index in [1.807, 2.05) is 44.2 Å². The minimum Gasteiger partial charge on any atom is -0.341 e. The molecule has 0 aliphatic carbocycles. The van der Waals surface area contributed by atoms with Gasteiger partial charge in [0.15, 0.2) is 0 Å². The van der Waals surface area contributed by atoms with Gasteiger partial charge in [-0.05, 0) is 74.4 Å². The van der Waals surface area contributed by atoms with Gasteiger partial charge in [-0.2, -0.15) is 0 Å². The average molecular weight is 516 g/mol. The number of thioether (sulfide) groups is 1. The van der Waals surface area contributed by atoms with Gasteiger partial charge in [-0.25, -0.2) is 0 Å². The summed E-state index contributed by atoms with van der Waals surface area (Å²) in [6.45, 7) is 5.22. The summed E-state index contributed by atoms with van der Waals surface area (Å²) in [4.78, 5) is 41.4. The highest BCUT2D eigenvalue weighted by molar-refractivity contribution is 9.10. The molecule has 3 heterocycles. The molecule has 3 amide bonds. The van der Waals surface area contributed by atoms with Gasteiger partial charge in [-0.3, -0.25) is 19.3 Å². The highest BCUT2D eigenvalue weighted by atomic mass is 79.9. The van der Waals surface area contributed by atoms with Crippen molar-refractivity contribution >= 4 is 50.8 Å². The van der Waals surface area contributed by atoms with E-state index >= 15 is 0 Å². The highest BCUT2D eigenvalue weighted by Gasteiger charge is 2.37. The van der Waals surface area contributed by atoms with Crippen molar-refractivity contribution in [3.63, 3.8) is 0 Å². The van der Waals surface area contributed by atoms with Crippen LogP contribution in [0.5, 0.6) is 0 Å². The standard InChI is InChI=1S/C24H26BrN3O3S/c1-16-12-18(17(2)28(16)20-9-7-8-19(25)14-20)13-21-23(30)27(24(31)32-21)15-22(29)26-10-5-3-4-6-11-26/h7-9,12-14H,3-6,10-11,15H2,1-2H3. The maximum Gasteiger partial charge on any atom is 0.294 e. The third kappa shape index (κ3) is 4.71. The van der Waals surface area contributed by atoms with Gasteiger partial charge in [-0.1, -0.05) is 34.8 Å². The van der Waals surface area contributed by atoms with Gasteiger partial charge in [-0.15, -0.1) is 0 Å². The molecule has 0 bridgehead atoms. The van der Waals surface area contributed by atoms with Crippen LogP contribution in [0.25, 0.3) is 11.8 Å². The molecule has 168 valence electrons. The number of hydrogen-bond donors (Lipinski definition) is 0. The second-order valence-electron chi connectivity index (χ2n) is 8.20. The van der Waals surface area contributed by atoms with Crippen molar-refractivity contribution in [2.24, 2.45) is 0 Å². The Morgan fingerprint density at radius 3 is 2.50 bits per heavy atom. The van der Waals surface area contributed by atoms with Crippen LogP contribution in [0, 0.1) is 13.8 Å². The molecule has 2 saturated heterocycles. The van der Waals surface area contributed by atoms with Gasteiger partial charge >= 0.3 is 0 Å². The fourth-order valence-corrected chi connectivity index (χ4v) is 5.50. The molecule has 1 aromatic carbocycles. The summed E-state index contributed by atoms with van der Waals surface area (Å²) in [5.74, 6) is -0.543. The van der Waals surface area contributed by atoms with Crippen LogP contribution in [-0.2, 0) is 9.59 Å². The molecule has 4 rings (SSSR count). The molecule has 0 N–H and O–H groups in total. The van der Waals surface area contributed by atoms with Crippen LogP contribution in [0.1, 0.15) is 42.6 Å². The number of halogens is 1. The first kappa shape index (κ1) is 22.9. The minimum absolute atomic E-state index is 0.150. The SMILES string of the molecule is Cc1cc(C=C2SC(=O)N(CC(=O)N3CCCCCC3)C2=O)c(C)n1-c1cccc(Br)c1. The molecule has 2 aromatic rings. The highest BCUT2D eigenvalue weighted by Crippen LogP contribution is 2.34. The zero-order valence-corrected chi connectivity index (χ0v) is 20.7. The van der Waals surface area contributed by atoms with E-state index in [-0.39, 0.29) is 17.7 Å². The smallest absolute Gasteiger partial charge is 0.294 e. The monoisotopic (exact) mass is 515 g/mol. The van der Waals surface area contributed by atoms with Gasteiger partial charge in [0.1, 0.15) is 6.54 Å². The maximum absolute atomic E-state index is 13.0. The normalized spacial score (nSPS) is 18.5. The molecule has 2 aliphatic heterocycles. The van der Waals surface area contributed by atoms with Gasteiger partial charge in [0.2, 0.25) is 5.91 Å². The van der Waals surface area contributed by atoms with E-state index in [2.05, 4.69) is 20.5 Å². The van der Waals surface area contributed by atoms with E-state index in [4.69, 9.17) is 0 Å². The third-order valence-electron chi connectivity index (χ3n) is 5.95. The minimum atomic E-state index is -0.393. The number of carbonyl (C=O) groups excluding carboxylic acids is 3. The van der Waals surface area contributed by atoms with Crippen LogP contribution in [0.3, 0.4) is 0 Å². The second kappa shape index (κ2) is 9.67. The fraction of sp³-hybridized carbons (Fsp3) is 0.375. The molecule has 0 spiro atoms. The van der Waals surface area contributed by atoms with Crippen molar-refractivity contribution in [2.45, 2.75) is 39.5 Å². The van der Waals surface area contributed by atoms with Crippen LogP contribution < -0.4 is 0 Å². The maximum atomic E-state index is 13.0. The fourth-order valence-electron chi connectivity index (χ4n) is 4.28. The number of aryl methyl sites for hydroxylation is 1. The molecule has 8 heteroatoms. The number of benzene rings is 1. The summed E-state index contributed by atoms with van der Waals surface area (Å²) in [7, 11) is 0. The van der Waals surface area contributed by atoms with Gasteiger partial charge in [0.25, 0.3) is 11.1 Å². The van der Waals surface area contributed by atoms with Crippen LogP contribution >= 0.6 is 27.7 Å². The first-order valence-corrected chi connectivity index (χ1v) is 12.4. The lowest BCUT2D eigenvalue weighted by molar-refractivity contribution is -0.135. The molecule has 0 atom stereocenters. The van der Waals surface area contributed by atoms with Crippen molar-refractivity contribution in [1.82, 2.24) is 14.4 Å². The lowest BCUT2D eigenvalue weighted by Crippen LogP contribution is -2.42. The molecule has 0 saturated carbocycles. The average Bonchev–Trinajstić information content (AvgIpc) is 3.04. The topological polar surface area (TPSA) is 62.6 Å². The largest absolute Gasteiger partial charge is 0.341 e. The summed E-state index contributed by atoms with van der Waals surface area (Å²) in [6, 6.07) is 10.0. The Kier molecular flexibility index (Phi) is 6.90. The predicted octanol–water partition coefficient (Wildman–Crippen LogP) is 5.30. The zero-order valence-electron chi connectivity index (χ0n) is 18.3. The van der Waals surface area contributed by atoms with Crippen LogP contribution in [0.4, 0.5) is 4.79 Å². The van der Waals surface area contributed by atoms with E-state index in [9.17, 15) is 14.4 Å². The van der Waals surface area contributed by atoms with E-state index in [1.54, 1.807) is 11.0 Å². The molecule has 6 nitrogen and oxygen atoms in total. The van der Waals surface area contributed by atoms with Crippen molar-refractivity contribution in [3.05, 3.63) is 56.7 Å². The molecule has 0 radical (unpaired) electrons. The van der Waals surface area contributed by atoms with Crippen molar-refractivity contribution in [3.8, 4) is 5.69 Å². The number of likely N-dealkylation sites (tertiary alicyclic amines) is 1. The summed E-state index contributed by atoms with van der Waals surface area (Å²) >= 11 is 4.42. The van der Waals surface area contributed by atoms with E-state index in [0.717, 1.165) is 69.5 Å². The number of imide groups is 1. The van der Waals surface area contributed by atoms with E-state index in [1.165, 1.54) is 0 Å². The molecular formula is C24H26BrN3O3S.